The molecule has 0 radical (unpaired) electrons. The number of amides is 1. The fourth-order valence-electron chi connectivity index (χ4n) is 2.65. The third-order valence-corrected chi connectivity index (χ3v) is 3.80. The summed E-state index contributed by atoms with van der Waals surface area (Å²) in [6.45, 7) is 5.28. The van der Waals surface area contributed by atoms with Gasteiger partial charge in [0.25, 0.3) is 5.91 Å². The van der Waals surface area contributed by atoms with E-state index in [2.05, 4.69) is 5.32 Å². The highest BCUT2D eigenvalue weighted by molar-refractivity contribution is 5.94. The van der Waals surface area contributed by atoms with Crippen molar-refractivity contribution in [1.82, 2.24) is 5.32 Å². The van der Waals surface area contributed by atoms with Crippen LogP contribution in [0.2, 0.25) is 0 Å². The molecule has 1 aromatic rings. The van der Waals surface area contributed by atoms with Crippen LogP contribution < -0.4 is 5.32 Å². The molecule has 0 spiro atoms. The highest BCUT2D eigenvalue weighted by Crippen LogP contribution is 2.29. The van der Waals surface area contributed by atoms with Gasteiger partial charge in [0.1, 0.15) is 5.60 Å². The SMILES string of the molecule is CC(C)(C)OC(=O)C1CC(O)C(NC(=O)c2ccc(O)c(F)c2)C1. The van der Waals surface area contributed by atoms with E-state index in [1.54, 1.807) is 20.8 Å². The van der Waals surface area contributed by atoms with Gasteiger partial charge in [0.05, 0.1) is 18.1 Å². The Kier molecular flexibility index (Phi) is 5.13. The summed E-state index contributed by atoms with van der Waals surface area (Å²) in [7, 11) is 0. The van der Waals surface area contributed by atoms with Crippen molar-refractivity contribution < 1.29 is 28.9 Å². The average Bonchev–Trinajstić information content (AvgIpc) is 2.81. The van der Waals surface area contributed by atoms with Crippen LogP contribution in [-0.2, 0) is 9.53 Å². The number of aromatic hydroxyl groups is 1. The van der Waals surface area contributed by atoms with Gasteiger partial charge in [-0.05, 0) is 51.8 Å². The van der Waals surface area contributed by atoms with Gasteiger partial charge < -0.3 is 20.3 Å². The molecule has 1 fully saturated rings. The minimum atomic E-state index is -0.902. The van der Waals surface area contributed by atoms with E-state index in [-0.39, 0.29) is 18.4 Å². The predicted octanol–water partition coefficient (Wildman–Crippen LogP) is 1.74. The van der Waals surface area contributed by atoms with Gasteiger partial charge in [0.2, 0.25) is 0 Å². The monoisotopic (exact) mass is 339 g/mol. The Labute approximate surface area is 139 Å². The van der Waals surface area contributed by atoms with Crippen LogP contribution in [0.4, 0.5) is 4.39 Å². The average molecular weight is 339 g/mol. The van der Waals surface area contributed by atoms with E-state index in [1.807, 2.05) is 0 Å². The van der Waals surface area contributed by atoms with Crippen molar-refractivity contribution in [3.63, 3.8) is 0 Å². The number of hydrogen-bond acceptors (Lipinski definition) is 5. The first-order valence-corrected chi connectivity index (χ1v) is 7.77. The molecule has 1 amide bonds. The molecule has 132 valence electrons. The number of hydrogen-bond donors (Lipinski definition) is 3. The molecule has 24 heavy (non-hydrogen) atoms. The van der Waals surface area contributed by atoms with Gasteiger partial charge in [-0.15, -0.1) is 0 Å². The highest BCUT2D eigenvalue weighted by atomic mass is 19.1. The van der Waals surface area contributed by atoms with Gasteiger partial charge in [-0.25, -0.2) is 4.39 Å². The van der Waals surface area contributed by atoms with E-state index in [4.69, 9.17) is 9.84 Å². The number of benzene rings is 1. The van der Waals surface area contributed by atoms with Gasteiger partial charge in [-0.2, -0.15) is 0 Å². The molecule has 0 aliphatic heterocycles. The minimum Gasteiger partial charge on any atom is -0.505 e. The van der Waals surface area contributed by atoms with Crippen LogP contribution in [0.1, 0.15) is 44.0 Å². The number of halogens is 1. The van der Waals surface area contributed by atoms with Gasteiger partial charge in [-0.3, -0.25) is 9.59 Å². The Morgan fingerprint density at radius 2 is 1.96 bits per heavy atom. The minimum absolute atomic E-state index is 0.0261. The van der Waals surface area contributed by atoms with Crippen molar-refractivity contribution in [3.05, 3.63) is 29.6 Å². The zero-order chi connectivity index (χ0) is 18.1. The number of nitrogens with one attached hydrogen (secondary N) is 1. The Balaban J connectivity index is 1.99. The first kappa shape index (κ1) is 18.2. The summed E-state index contributed by atoms with van der Waals surface area (Å²) in [6.07, 6.45) is -0.431. The number of phenols is 1. The Bertz CT molecular complexity index is 640. The molecule has 7 heteroatoms. The topological polar surface area (TPSA) is 95.9 Å². The summed E-state index contributed by atoms with van der Waals surface area (Å²) in [4.78, 5) is 24.2. The van der Waals surface area contributed by atoms with Gasteiger partial charge in [0.15, 0.2) is 11.6 Å². The lowest BCUT2D eigenvalue weighted by Gasteiger charge is -2.22. The van der Waals surface area contributed by atoms with Gasteiger partial charge >= 0.3 is 5.97 Å². The summed E-state index contributed by atoms with van der Waals surface area (Å²) in [5.41, 5.74) is -0.592. The number of phenolic OH excluding ortho intramolecular Hbond substituents is 1. The number of carbonyl (C=O) groups is 2. The van der Waals surface area contributed by atoms with E-state index >= 15 is 0 Å². The standard InChI is InChI=1S/C17H22FNO5/c1-17(2,3)24-16(23)10-7-12(14(21)8-10)19-15(22)9-4-5-13(20)11(18)6-9/h4-6,10,12,14,20-21H,7-8H2,1-3H3,(H,19,22). The normalized spacial score (nSPS) is 23.8. The fourth-order valence-corrected chi connectivity index (χ4v) is 2.65. The Hall–Kier alpha value is -2.15. The summed E-state index contributed by atoms with van der Waals surface area (Å²) in [6, 6.07) is 2.66. The largest absolute Gasteiger partial charge is 0.505 e. The van der Waals surface area contributed by atoms with Gasteiger partial charge in [-0.1, -0.05) is 0 Å². The third-order valence-electron chi connectivity index (χ3n) is 3.80. The number of aliphatic hydroxyl groups excluding tert-OH is 1. The quantitative estimate of drug-likeness (QED) is 0.729. The molecule has 2 rings (SSSR count). The van der Waals surface area contributed by atoms with E-state index in [1.165, 1.54) is 6.07 Å². The van der Waals surface area contributed by atoms with Crippen LogP contribution in [0.25, 0.3) is 0 Å². The van der Waals surface area contributed by atoms with Crippen LogP contribution in [0.3, 0.4) is 0 Å². The van der Waals surface area contributed by atoms with E-state index in [9.17, 15) is 19.1 Å². The molecule has 1 saturated carbocycles. The first-order valence-electron chi connectivity index (χ1n) is 7.77. The second kappa shape index (κ2) is 6.76. The fraction of sp³-hybridized carbons (Fsp3) is 0.529. The number of esters is 1. The first-order chi connectivity index (χ1) is 11.1. The molecule has 3 atom stereocenters. The molecule has 0 aromatic heterocycles. The van der Waals surface area contributed by atoms with E-state index < -0.39 is 47.1 Å². The lowest BCUT2D eigenvalue weighted by Crippen LogP contribution is -2.40. The zero-order valence-corrected chi connectivity index (χ0v) is 13.9. The van der Waals surface area contributed by atoms with Crippen molar-refractivity contribution in [3.8, 4) is 5.75 Å². The molecule has 0 heterocycles. The van der Waals surface area contributed by atoms with Crippen LogP contribution >= 0.6 is 0 Å². The van der Waals surface area contributed by atoms with Crippen molar-refractivity contribution in [2.75, 3.05) is 0 Å². The number of ether oxygens (including phenoxy) is 1. The molecular formula is C17H22FNO5. The molecule has 3 unspecified atom stereocenters. The molecule has 1 aliphatic carbocycles. The Morgan fingerprint density at radius 3 is 2.54 bits per heavy atom. The second-order valence-electron chi connectivity index (χ2n) is 7.02. The summed E-state index contributed by atoms with van der Waals surface area (Å²) in [5, 5.41) is 21.8. The summed E-state index contributed by atoms with van der Waals surface area (Å²) < 4.78 is 18.6. The van der Waals surface area contributed by atoms with Crippen LogP contribution in [0, 0.1) is 11.7 Å². The molecule has 1 aliphatic rings. The zero-order valence-electron chi connectivity index (χ0n) is 13.9. The van der Waals surface area contributed by atoms with Crippen LogP contribution in [0.15, 0.2) is 18.2 Å². The molecule has 0 bridgehead atoms. The van der Waals surface area contributed by atoms with Gasteiger partial charge in [0, 0.05) is 5.56 Å². The van der Waals surface area contributed by atoms with E-state index in [0.29, 0.717) is 0 Å². The second-order valence-corrected chi connectivity index (χ2v) is 7.02. The molecule has 6 nitrogen and oxygen atoms in total. The van der Waals surface area contributed by atoms with Crippen LogP contribution in [-0.4, -0.2) is 39.8 Å². The smallest absolute Gasteiger partial charge is 0.309 e. The van der Waals surface area contributed by atoms with Crippen molar-refractivity contribution in [1.29, 1.82) is 0 Å². The van der Waals surface area contributed by atoms with Crippen molar-refractivity contribution >= 4 is 11.9 Å². The molecule has 1 aromatic carbocycles. The highest BCUT2D eigenvalue weighted by Gasteiger charge is 2.39. The third kappa shape index (κ3) is 4.44. The van der Waals surface area contributed by atoms with Crippen molar-refractivity contribution in [2.45, 2.75) is 51.4 Å². The maximum Gasteiger partial charge on any atom is 0.309 e. The van der Waals surface area contributed by atoms with E-state index in [0.717, 1.165) is 12.1 Å². The van der Waals surface area contributed by atoms with Crippen LogP contribution in [0.5, 0.6) is 5.75 Å². The lowest BCUT2D eigenvalue weighted by molar-refractivity contribution is -0.160. The molecular weight excluding hydrogens is 317 g/mol. The summed E-state index contributed by atoms with van der Waals surface area (Å²) >= 11 is 0. The number of aliphatic hydroxyl groups is 1. The number of carbonyl (C=O) groups excluding carboxylic acids is 2. The number of rotatable bonds is 3. The maximum absolute atomic E-state index is 13.3. The molecule has 0 saturated heterocycles. The predicted molar refractivity (Wildman–Crippen MR) is 83.9 cm³/mol. The maximum atomic E-state index is 13.3. The molecule has 3 N–H and O–H groups in total. The summed E-state index contributed by atoms with van der Waals surface area (Å²) in [5.74, 6) is -2.93. The van der Waals surface area contributed by atoms with Crippen molar-refractivity contribution in [2.24, 2.45) is 5.92 Å². The lowest BCUT2D eigenvalue weighted by atomic mass is 10.1. The Morgan fingerprint density at radius 1 is 1.29 bits per heavy atom.